The highest BCUT2D eigenvalue weighted by atomic mass is 127. The van der Waals surface area contributed by atoms with Crippen LogP contribution < -0.4 is 5.32 Å². The minimum absolute atomic E-state index is 0.0814. The van der Waals surface area contributed by atoms with E-state index in [1.807, 2.05) is 53.8 Å². The third-order valence-corrected chi connectivity index (χ3v) is 5.49. The largest absolute Gasteiger partial charge is 0.320 e. The number of halogens is 1. The summed E-state index contributed by atoms with van der Waals surface area (Å²) in [5.41, 5.74) is 1.81. The van der Waals surface area contributed by atoms with Gasteiger partial charge in [0.05, 0.1) is 14.7 Å². The van der Waals surface area contributed by atoms with Gasteiger partial charge in [-0.25, -0.2) is 0 Å². The van der Waals surface area contributed by atoms with Crippen molar-refractivity contribution in [2.24, 2.45) is 7.05 Å². The number of hydrogen-bond donors (Lipinski definition) is 1. The SMILES string of the molecule is Cc1ccc(Sc2cc(NC(=O)c3c(I)cnn3C)cc([N+](=O)[O-])c2)cc1. The van der Waals surface area contributed by atoms with Crippen molar-refractivity contribution in [2.45, 2.75) is 16.7 Å². The van der Waals surface area contributed by atoms with E-state index >= 15 is 0 Å². The highest BCUT2D eigenvalue weighted by Gasteiger charge is 2.18. The van der Waals surface area contributed by atoms with E-state index in [9.17, 15) is 14.9 Å². The predicted molar refractivity (Wildman–Crippen MR) is 112 cm³/mol. The van der Waals surface area contributed by atoms with E-state index in [0.717, 1.165) is 10.5 Å². The summed E-state index contributed by atoms with van der Waals surface area (Å²) >= 11 is 3.42. The minimum atomic E-state index is -0.470. The summed E-state index contributed by atoms with van der Waals surface area (Å²) in [4.78, 5) is 25.0. The Labute approximate surface area is 173 Å². The summed E-state index contributed by atoms with van der Waals surface area (Å²) in [5.74, 6) is -0.369. The van der Waals surface area contributed by atoms with Crippen molar-refractivity contribution in [3.63, 3.8) is 0 Å². The fourth-order valence-electron chi connectivity index (χ4n) is 2.42. The van der Waals surface area contributed by atoms with Gasteiger partial charge in [-0.15, -0.1) is 0 Å². The van der Waals surface area contributed by atoms with Crippen LogP contribution in [-0.4, -0.2) is 20.6 Å². The maximum atomic E-state index is 12.6. The summed E-state index contributed by atoms with van der Waals surface area (Å²) in [6, 6.07) is 12.4. The smallest absolute Gasteiger partial charge is 0.275 e. The number of rotatable bonds is 5. The molecule has 3 rings (SSSR count). The Hall–Kier alpha value is -2.40. The van der Waals surface area contributed by atoms with E-state index < -0.39 is 4.92 Å². The Balaban J connectivity index is 1.90. The molecule has 27 heavy (non-hydrogen) atoms. The van der Waals surface area contributed by atoms with Crippen LogP contribution in [0.15, 0.2) is 58.5 Å². The Bertz CT molecular complexity index is 998. The zero-order valence-corrected chi connectivity index (χ0v) is 17.4. The molecule has 0 atom stereocenters. The van der Waals surface area contributed by atoms with Gasteiger partial charge < -0.3 is 5.32 Å². The van der Waals surface area contributed by atoms with Gasteiger partial charge in [0.25, 0.3) is 11.6 Å². The summed E-state index contributed by atoms with van der Waals surface area (Å²) in [7, 11) is 1.67. The molecule has 1 N–H and O–H groups in total. The molecule has 0 bridgehead atoms. The average Bonchev–Trinajstić information content (AvgIpc) is 2.95. The van der Waals surface area contributed by atoms with Gasteiger partial charge in [-0.1, -0.05) is 29.5 Å². The van der Waals surface area contributed by atoms with Crippen molar-refractivity contribution in [3.8, 4) is 0 Å². The topological polar surface area (TPSA) is 90.1 Å². The number of benzene rings is 2. The summed E-state index contributed by atoms with van der Waals surface area (Å²) in [6.45, 7) is 2.00. The molecule has 3 aromatic rings. The molecule has 0 saturated heterocycles. The van der Waals surface area contributed by atoms with Gasteiger partial charge in [-0.3, -0.25) is 19.6 Å². The van der Waals surface area contributed by atoms with Crippen molar-refractivity contribution in [3.05, 3.63) is 73.6 Å². The maximum absolute atomic E-state index is 12.6. The van der Waals surface area contributed by atoms with E-state index in [4.69, 9.17) is 0 Å². The molecule has 2 aromatic carbocycles. The van der Waals surface area contributed by atoms with E-state index in [1.165, 1.54) is 28.6 Å². The van der Waals surface area contributed by atoms with Crippen LogP contribution in [0.2, 0.25) is 0 Å². The second-order valence-electron chi connectivity index (χ2n) is 5.81. The Morgan fingerprint density at radius 3 is 2.52 bits per heavy atom. The third-order valence-electron chi connectivity index (χ3n) is 3.73. The molecule has 1 aromatic heterocycles. The van der Waals surface area contributed by atoms with Gasteiger partial charge in [0.15, 0.2) is 0 Å². The number of anilines is 1. The first-order valence-corrected chi connectivity index (χ1v) is 9.76. The molecule has 7 nitrogen and oxygen atoms in total. The lowest BCUT2D eigenvalue weighted by molar-refractivity contribution is -0.385. The normalized spacial score (nSPS) is 10.6. The van der Waals surface area contributed by atoms with Crippen LogP contribution in [0.1, 0.15) is 16.1 Å². The van der Waals surface area contributed by atoms with Gasteiger partial charge in [0.1, 0.15) is 5.69 Å². The van der Waals surface area contributed by atoms with E-state index in [-0.39, 0.29) is 11.6 Å². The Kier molecular flexibility index (Phi) is 5.80. The molecule has 0 saturated carbocycles. The van der Waals surface area contributed by atoms with Crippen LogP contribution in [0.25, 0.3) is 0 Å². The van der Waals surface area contributed by atoms with Gasteiger partial charge in [0, 0.05) is 34.7 Å². The first-order valence-electron chi connectivity index (χ1n) is 7.86. The van der Waals surface area contributed by atoms with Crippen molar-refractivity contribution in [2.75, 3.05) is 5.32 Å². The molecule has 0 aliphatic heterocycles. The van der Waals surface area contributed by atoms with Crippen LogP contribution in [0.3, 0.4) is 0 Å². The number of aromatic nitrogens is 2. The summed E-state index contributed by atoms with van der Waals surface area (Å²) < 4.78 is 2.17. The molecular formula is C18H15IN4O3S. The Morgan fingerprint density at radius 2 is 1.93 bits per heavy atom. The molecule has 0 aliphatic rings. The maximum Gasteiger partial charge on any atom is 0.275 e. The van der Waals surface area contributed by atoms with Gasteiger partial charge >= 0.3 is 0 Å². The number of non-ortho nitro benzene ring substituents is 1. The second kappa shape index (κ2) is 8.09. The van der Waals surface area contributed by atoms with Gasteiger partial charge in [0.2, 0.25) is 0 Å². The molecule has 0 unspecified atom stereocenters. The van der Waals surface area contributed by atoms with Crippen molar-refractivity contribution in [1.29, 1.82) is 0 Å². The number of carbonyl (C=O) groups is 1. The van der Waals surface area contributed by atoms with Crippen LogP contribution >= 0.6 is 34.4 Å². The average molecular weight is 494 g/mol. The zero-order chi connectivity index (χ0) is 19.6. The molecule has 0 radical (unpaired) electrons. The molecule has 138 valence electrons. The number of nitro groups is 1. The number of nitro benzene ring substituents is 1. The van der Waals surface area contributed by atoms with Crippen LogP contribution in [0.4, 0.5) is 11.4 Å². The van der Waals surface area contributed by atoms with Crippen molar-refractivity contribution >= 4 is 51.6 Å². The number of hydrogen-bond acceptors (Lipinski definition) is 5. The molecule has 0 aliphatic carbocycles. The molecule has 9 heteroatoms. The number of carbonyl (C=O) groups excluding carboxylic acids is 1. The van der Waals surface area contributed by atoms with Gasteiger partial charge in [-0.05, 0) is 47.7 Å². The van der Waals surface area contributed by atoms with Crippen LogP contribution in [-0.2, 0) is 7.05 Å². The summed E-state index contributed by atoms with van der Waals surface area (Å²) in [6.07, 6.45) is 1.58. The quantitative estimate of drug-likeness (QED) is 0.317. The van der Waals surface area contributed by atoms with Gasteiger partial charge in [-0.2, -0.15) is 5.10 Å². The Morgan fingerprint density at radius 1 is 1.22 bits per heavy atom. The zero-order valence-electron chi connectivity index (χ0n) is 14.5. The lowest BCUT2D eigenvalue weighted by atomic mass is 10.2. The molecular weight excluding hydrogens is 479 g/mol. The number of nitrogens with zero attached hydrogens (tertiary/aromatic N) is 3. The van der Waals surface area contributed by atoms with Crippen molar-refractivity contribution in [1.82, 2.24) is 9.78 Å². The van der Waals surface area contributed by atoms with Crippen LogP contribution in [0, 0.1) is 20.6 Å². The third kappa shape index (κ3) is 4.66. The fraction of sp³-hybridized carbons (Fsp3) is 0.111. The highest BCUT2D eigenvalue weighted by Crippen LogP contribution is 2.33. The number of aryl methyl sites for hydroxylation is 2. The second-order valence-corrected chi connectivity index (χ2v) is 8.12. The van der Waals surface area contributed by atoms with E-state index in [0.29, 0.717) is 19.8 Å². The number of amides is 1. The molecule has 1 amide bonds. The molecule has 0 fully saturated rings. The first-order chi connectivity index (χ1) is 12.8. The van der Waals surface area contributed by atoms with Crippen LogP contribution in [0.5, 0.6) is 0 Å². The minimum Gasteiger partial charge on any atom is -0.320 e. The molecule has 0 spiro atoms. The van der Waals surface area contributed by atoms with E-state index in [1.54, 1.807) is 19.3 Å². The van der Waals surface area contributed by atoms with E-state index in [2.05, 4.69) is 10.4 Å². The standard InChI is InChI=1S/C18H15IN4O3S/c1-11-3-5-14(6-4-11)27-15-8-12(7-13(9-15)23(25)26)21-18(24)17-16(19)10-20-22(17)2/h3-10H,1-2H3,(H,21,24). The first kappa shape index (κ1) is 19.4. The number of nitrogens with one attached hydrogen (secondary N) is 1. The summed E-state index contributed by atoms with van der Waals surface area (Å²) in [5, 5.41) is 18.1. The lowest BCUT2D eigenvalue weighted by Gasteiger charge is -2.09. The molecule has 1 heterocycles. The lowest BCUT2D eigenvalue weighted by Crippen LogP contribution is -2.17. The fourth-order valence-corrected chi connectivity index (χ4v) is 4.05. The van der Waals surface area contributed by atoms with Crippen molar-refractivity contribution < 1.29 is 9.72 Å². The predicted octanol–water partition coefficient (Wildman–Crippen LogP) is 4.64. The monoisotopic (exact) mass is 494 g/mol. The highest BCUT2D eigenvalue weighted by molar-refractivity contribution is 14.1.